The van der Waals surface area contributed by atoms with Gasteiger partial charge in [-0.05, 0) is 0 Å². The minimum absolute atomic E-state index is 0.530. The fourth-order valence-corrected chi connectivity index (χ4v) is 20.6. The van der Waals surface area contributed by atoms with E-state index in [2.05, 4.69) is 27.7 Å². The molecular formula is C19H38O3Sn. The third kappa shape index (κ3) is 8.57. The second kappa shape index (κ2) is 13.3. The van der Waals surface area contributed by atoms with Crippen molar-refractivity contribution in [1.29, 1.82) is 0 Å². The van der Waals surface area contributed by atoms with Crippen molar-refractivity contribution in [2.45, 2.75) is 98.5 Å². The molecule has 0 aliphatic heterocycles. The summed E-state index contributed by atoms with van der Waals surface area (Å²) in [7, 11) is 0. The molecule has 0 aliphatic carbocycles. The summed E-state index contributed by atoms with van der Waals surface area (Å²) in [5.74, 6) is -0.874. The van der Waals surface area contributed by atoms with E-state index in [4.69, 9.17) is 0 Å². The van der Waals surface area contributed by atoms with Crippen molar-refractivity contribution in [2.24, 2.45) is 0 Å². The van der Waals surface area contributed by atoms with Gasteiger partial charge in [0.25, 0.3) is 0 Å². The van der Waals surface area contributed by atoms with E-state index in [1.807, 2.05) is 0 Å². The third-order valence-corrected chi connectivity index (χ3v) is 20.9. The number of aliphatic hydroxyl groups is 1. The van der Waals surface area contributed by atoms with Crippen LogP contribution in [-0.4, -0.2) is 40.7 Å². The zero-order valence-electron chi connectivity index (χ0n) is 15.7. The first-order chi connectivity index (χ1) is 11.0. The van der Waals surface area contributed by atoms with Gasteiger partial charge >= 0.3 is 147 Å². The Kier molecular flexibility index (Phi) is 13.3. The van der Waals surface area contributed by atoms with E-state index < -0.39 is 30.5 Å². The van der Waals surface area contributed by atoms with E-state index in [1.54, 1.807) is 0 Å². The molecule has 4 heteroatoms. The fourth-order valence-electron chi connectivity index (χ4n) is 3.52. The van der Waals surface area contributed by atoms with Gasteiger partial charge < -0.3 is 0 Å². The molecule has 0 amide bonds. The van der Waals surface area contributed by atoms with Crippen LogP contribution in [0.25, 0.3) is 0 Å². The molecule has 0 aromatic carbocycles. The Morgan fingerprint density at radius 2 is 1.35 bits per heavy atom. The molecule has 0 radical (unpaired) electrons. The summed E-state index contributed by atoms with van der Waals surface area (Å²) in [5.41, 5.74) is 0. The summed E-state index contributed by atoms with van der Waals surface area (Å²) >= 11 is -2.83. The number of hydrogen-bond donors (Lipinski definition) is 2. The Hall–Kier alpha value is -0.0313. The molecule has 23 heavy (non-hydrogen) atoms. The Bertz CT molecular complexity index is 331. The molecule has 0 bridgehead atoms. The van der Waals surface area contributed by atoms with Gasteiger partial charge in [-0.1, -0.05) is 0 Å². The normalized spacial score (nSPS) is 14.0. The van der Waals surface area contributed by atoms with Crippen LogP contribution >= 0.6 is 0 Å². The minimum atomic E-state index is -2.83. The topological polar surface area (TPSA) is 57.5 Å². The van der Waals surface area contributed by atoms with Crippen molar-refractivity contribution < 1.29 is 15.0 Å². The van der Waals surface area contributed by atoms with E-state index in [0.29, 0.717) is 6.42 Å². The van der Waals surface area contributed by atoms with Crippen LogP contribution in [0.2, 0.25) is 13.3 Å². The van der Waals surface area contributed by atoms with Crippen LogP contribution in [0.5, 0.6) is 0 Å². The van der Waals surface area contributed by atoms with Crippen molar-refractivity contribution >= 4 is 24.3 Å². The number of aliphatic carboxylic acids is 1. The van der Waals surface area contributed by atoms with E-state index in [0.717, 1.165) is 29.3 Å². The summed E-state index contributed by atoms with van der Waals surface area (Å²) in [5, 5.41) is 20.1. The number of aliphatic hydroxyl groups excluding tert-OH is 1. The van der Waals surface area contributed by atoms with Crippen molar-refractivity contribution in [3.8, 4) is 0 Å². The molecule has 0 aromatic heterocycles. The fraction of sp³-hybridized carbons (Fsp3) is 0.842. The number of unbranched alkanes of at least 4 members (excludes halogenated alkanes) is 3. The van der Waals surface area contributed by atoms with Gasteiger partial charge in [0, 0.05) is 0 Å². The van der Waals surface area contributed by atoms with Crippen LogP contribution in [0.4, 0.5) is 0 Å². The first-order valence-electron chi connectivity index (χ1n) is 9.60. The summed E-state index contributed by atoms with van der Waals surface area (Å²) in [6.45, 7) is 8.68. The second-order valence-electron chi connectivity index (χ2n) is 6.83. The van der Waals surface area contributed by atoms with E-state index in [1.165, 1.54) is 38.6 Å². The molecule has 0 heterocycles. The average Bonchev–Trinajstić information content (AvgIpc) is 2.52. The molecular weight excluding hydrogens is 395 g/mol. The van der Waals surface area contributed by atoms with Gasteiger partial charge in [0.2, 0.25) is 0 Å². The van der Waals surface area contributed by atoms with Crippen LogP contribution in [-0.2, 0) is 4.79 Å². The van der Waals surface area contributed by atoms with Crippen molar-refractivity contribution in [3.63, 3.8) is 0 Å². The first kappa shape index (κ1) is 23.0. The summed E-state index contributed by atoms with van der Waals surface area (Å²) in [4.78, 5) is 11.4. The monoisotopic (exact) mass is 434 g/mol. The molecule has 3 nitrogen and oxygen atoms in total. The third-order valence-electron chi connectivity index (χ3n) is 4.84. The average molecular weight is 433 g/mol. The molecule has 0 fully saturated rings. The molecule has 0 aliphatic rings. The number of carbonyl (C=O) groups is 1. The molecule has 2 N–H and O–H groups in total. The van der Waals surface area contributed by atoms with E-state index in [9.17, 15) is 15.0 Å². The second-order valence-corrected chi connectivity index (χ2v) is 20.1. The van der Waals surface area contributed by atoms with Gasteiger partial charge in [-0.2, -0.15) is 0 Å². The molecule has 136 valence electrons. The number of rotatable bonds is 14. The number of hydrogen-bond acceptors (Lipinski definition) is 2. The van der Waals surface area contributed by atoms with Gasteiger partial charge in [-0.25, -0.2) is 0 Å². The van der Waals surface area contributed by atoms with Gasteiger partial charge in [0.1, 0.15) is 0 Å². The predicted octanol–water partition coefficient (Wildman–Crippen LogP) is 5.55. The van der Waals surface area contributed by atoms with Gasteiger partial charge in [-0.3, -0.25) is 0 Å². The zero-order valence-corrected chi connectivity index (χ0v) is 18.6. The molecule has 0 rings (SSSR count). The SMILES string of the molecule is CCC[CH2][Sn]([CH2]CCC)([CH2]CCC)/[C](=C\C(=O)O)C(O)CCC. The van der Waals surface area contributed by atoms with Gasteiger partial charge in [-0.15, -0.1) is 0 Å². The molecule has 1 unspecified atom stereocenters. The Labute approximate surface area is 147 Å². The quantitative estimate of drug-likeness (QED) is 0.279. The maximum atomic E-state index is 11.4. The van der Waals surface area contributed by atoms with Crippen LogP contribution in [0.15, 0.2) is 9.67 Å². The van der Waals surface area contributed by atoms with Gasteiger partial charge in [0.05, 0.1) is 0 Å². The molecule has 0 aromatic rings. The Balaban J connectivity index is 5.75. The molecule has 1 atom stereocenters. The predicted molar refractivity (Wildman–Crippen MR) is 102 cm³/mol. The molecule has 0 spiro atoms. The number of carboxylic acid groups (broad SMARTS) is 1. The Morgan fingerprint density at radius 1 is 0.913 bits per heavy atom. The summed E-state index contributed by atoms with van der Waals surface area (Å²) in [6.07, 6.45) is 9.48. The van der Waals surface area contributed by atoms with Crippen LogP contribution in [0.1, 0.15) is 79.1 Å². The maximum absolute atomic E-state index is 11.4. The molecule has 0 saturated heterocycles. The van der Waals surface area contributed by atoms with E-state index in [-0.39, 0.29) is 0 Å². The standard InChI is InChI=1S/C7H11O3.3C4H9.Sn/c1-2-3-6(8)4-5-7(9)10;3*1-3-4-2;/h5-6,8H,2-3H2,1H3,(H,9,10);3*1,3-4H2,2H3;. The summed E-state index contributed by atoms with van der Waals surface area (Å²) < 4.78 is 4.59. The van der Waals surface area contributed by atoms with E-state index >= 15 is 0 Å². The Morgan fingerprint density at radius 3 is 1.65 bits per heavy atom. The first-order valence-corrected chi connectivity index (χ1v) is 17.1. The summed E-state index contributed by atoms with van der Waals surface area (Å²) in [6, 6.07) is 0. The van der Waals surface area contributed by atoms with Crippen molar-refractivity contribution in [1.82, 2.24) is 0 Å². The van der Waals surface area contributed by atoms with Crippen LogP contribution in [0, 0.1) is 0 Å². The number of carboxylic acids is 1. The zero-order chi connectivity index (χ0) is 17.7. The van der Waals surface area contributed by atoms with Crippen LogP contribution in [0.3, 0.4) is 0 Å². The van der Waals surface area contributed by atoms with Crippen molar-refractivity contribution in [3.05, 3.63) is 9.67 Å². The molecule has 0 saturated carbocycles. The van der Waals surface area contributed by atoms with Crippen molar-refractivity contribution in [2.75, 3.05) is 0 Å². The van der Waals surface area contributed by atoms with Crippen LogP contribution < -0.4 is 0 Å². The van der Waals surface area contributed by atoms with Gasteiger partial charge in [0.15, 0.2) is 0 Å².